The number of nitrogens with two attached hydrogens (primary N) is 1. The van der Waals surface area contributed by atoms with Crippen molar-refractivity contribution in [2.75, 3.05) is 18.9 Å². The van der Waals surface area contributed by atoms with Crippen LogP contribution in [0.25, 0.3) is 0 Å². The summed E-state index contributed by atoms with van der Waals surface area (Å²) in [4.78, 5) is 8.60. The molecule has 1 aliphatic carbocycles. The highest BCUT2D eigenvalue weighted by molar-refractivity contribution is 5.34. The molecule has 0 atom stereocenters. The molecule has 0 amide bonds. The van der Waals surface area contributed by atoms with E-state index in [1.165, 1.54) is 0 Å². The zero-order valence-electron chi connectivity index (χ0n) is 11.2. The summed E-state index contributed by atoms with van der Waals surface area (Å²) in [5, 5.41) is 0. The highest BCUT2D eigenvalue weighted by atomic mass is 16.5. The van der Waals surface area contributed by atoms with E-state index in [0.29, 0.717) is 30.8 Å². The van der Waals surface area contributed by atoms with Crippen molar-refractivity contribution in [2.24, 2.45) is 0 Å². The molecule has 0 radical (unpaired) electrons. The van der Waals surface area contributed by atoms with Crippen LogP contribution in [0.2, 0.25) is 0 Å². The first kappa shape index (κ1) is 12.7. The first-order valence-electron chi connectivity index (χ1n) is 6.76. The van der Waals surface area contributed by atoms with Gasteiger partial charge in [0.05, 0.1) is 0 Å². The monoisotopic (exact) mass is 271 g/mol. The fourth-order valence-electron chi connectivity index (χ4n) is 1.88. The molecule has 0 unspecified atom stereocenters. The van der Waals surface area contributed by atoms with Gasteiger partial charge >= 0.3 is 0 Å². The Morgan fingerprint density at radius 3 is 2.55 bits per heavy atom. The van der Waals surface area contributed by atoms with Gasteiger partial charge in [0.15, 0.2) is 0 Å². The van der Waals surface area contributed by atoms with E-state index in [9.17, 15) is 0 Å². The first-order valence-corrected chi connectivity index (χ1v) is 6.76. The molecule has 0 aliphatic heterocycles. The molecule has 1 fully saturated rings. The third-order valence-corrected chi connectivity index (χ3v) is 3.03. The molecule has 2 N–H and O–H groups in total. The molecule has 5 nitrogen and oxygen atoms in total. The van der Waals surface area contributed by atoms with Crippen LogP contribution in [0.5, 0.6) is 11.6 Å². The van der Waals surface area contributed by atoms with Gasteiger partial charge in [-0.05, 0) is 25.0 Å². The van der Waals surface area contributed by atoms with Crippen LogP contribution in [0.3, 0.4) is 0 Å². The van der Waals surface area contributed by atoms with Crippen molar-refractivity contribution < 1.29 is 9.47 Å². The van der Waals surface area contributed by atoms with Gasteiger partial charge in [-0.25, -0.2) is 4.98 Å². The second-order valence-corrected chi connectivity index (χ2v) is 4.77. The zero-order chi connectivity index (χ0) is 13.8. The lowest BCUT2D eigenvalue weighted by Gasteiger charge is -2.09. The van der Waals surface area contributed by atoms with Crippen LogP contribution in [0, 0.1) is 0 Å². The molecule has 1 aromatic heterocycles. The number of aromatic nitrogens is 2. The van der Waals surface area contributed by atoms with Gasteiger partial charge in [0, 0.05) is 12.0 Å². The highest BCUT2D eigenvalue weighted by Crippen LogP contribution is 2.38. The minimum atomic E-state index is 0.426. The van der Waals surface area contributed by atoms with Crippen LogP contribution in [0.1, 0.15) is 24.6 Å². The maximum Gasteiger partial charge on any atom is 0.218 e. The zero-order valence-corrected chi connectivity index (χ0v) is 11.2. The lowest BCUT2D eigenvalue weighted by Crippen LogP contribution is -2.11. The molecule has 20 heavy (non-hydrogen) atoms. The summed E-state index contributed by atoms with van der Waals surface area (Å²) in [6.07, 6.45) is 2.28. The standard InChI is InChI=1S/C15H17N3O2/c16-13-10-14(18-15(17-13)11-6-7-11)20-9-8-19-12-4-2-1-3-5-12/h1-5,10-11H,6-9H2,(H2,16,17,18). The van der Waals surface area contributed by atoms with E-state index < -0.39 is 0 Å². The lowest BCUT2D eigenvalue weighted by molar-refractivity contribution is 0.211. The fraction of sp³-hybridized carbons (Fsp3) is 0.333. The lowest BCUT2D eigenvalue weighted by atomic mass is 10.3. The molecule has 0 bridgehead atoms. The van der Waals surface area contributed by atoms with Gasteiger partial charge in [-0.3, -0.25) is 0 Å². The van der Waals surface area contributed by atoms with Gasteiger partial charge in [-0.1, -0.05) is 18.2 Å². The van der Waals surface area contributed by atoms with Gasteiger partial charge in [0.2, 0.25) is 5.88 Å². The van der Waals surface area contributed by atoms with Gasteiger partial charge in [-0.15, -0.1) is 0 Å². The molecule has 104 valence electrons. The number of hydrogen-bond donors (Lipinski definition) is 1. The molecule has 1 heterocycles. The third kappa shape index (κ3) is 3.38. The van der Waals surface area contributed by atoms with Crippen molar-refractivity contribution in [1.29, 1.82) is 0 Å². The second kappa shape index (κ2) is 5.77. The molecule has 1 saturated carbocycles. The van der Waals surface area contributed by atoms with Crippen molar-refractivity contribution in [3.05, 3.63) is 42.2 Å². The predicted octanol–water partition coefficient (Wildman–Crippen LogP) is 2.39. The van der Waals surface area contributed by atoms with E-state index in [4.69, 9.17) is 15.2 Å². The van der Waals surface area contributed by atoms with E-state index in [1.807, 2.05) is 30.3 Å². The van der Waals surface area contributed by atoms with Crippen LogP contribution in [-0.4, -0.2) is 23.2 Å². The Morgan fingerprint density at radius 2 is 1.80 bits per heavy atom. The molecule has 0 saturated heterocycles. The highest BCUT2D eigenvalue weighted by Gasteiger charge is 2.27. The van der Waals surface area contributed by atoms with E-state index in [-0.39, 0.29) is 0 Å². The molecule has 5 heteroatoms. The average Bonchev–Trinajstić information content (AvgIpc) is 3.29. The number of para-hydroxylation sites is 1. The van der Waals surface area contributed by atoms with Crippen LogP contribution < -0.4 is 15.2 Å². The number of nitrogens with zero attached hydrogens (tertiary/aromatic N) is 2. The Labute approximate surface area is 117 Å². The fourth-order valence-corrected chi connectivity index (χ4v) is 1.88. The van der Waals surface area contributed by atoms with Crippen LogP contribution in [0.4, 0.5) is 5.82 Å². The summed E-state index contributed by atoms with van der Waals surface area (Å²) >= 11 is 0. The number of hydrogen-bond acceptors (Lipinski definition) is 5. The van der Waals surface area contributed by atoms with Crippen molar-refractivity contribution in [1.82, 2.24) is 9.97 Å². The molecular formula is C15H17N3O2. The van der Waals surface area contributed by atoms with Crippen molar-refractivity contribution in [3.8, 4) is 11.6 Å². The summed E-state index contributed by atoms with van der Waals surface area (Å²) in [5.41, 5.74) is 5.76. The van der Waals surface area contributed by atoms with Crippen LogP contribution in [0.15, 0.2) is 36.4 Å². The largest absolute Gasteiger partial charge is 0.490 e. The van der Waals surface area contributed by atoms with Gasteiger partial charge in [-0.2, -0.15) is 4.98 Å². The normalized spacial score (nSPS) is 14.0. The molecular weight excluding hydrogens is 254 g/mol. The van der Waals surface area contributed by atoms with Gasteiger partial charge < -0.3 is 15.2 Å². The number of rotatable bonds is 6. The van der Waals surface area contributed by atoms with Crippen molar-refractivity contribution in [2.45, 2.75) is 18.8 Å². The summed E-state index contributed by atoms with van der Waals surface area (Å²) in [7, 11) is 0. The average molecular weight is 271 g/mol. The molecule has 1 aromatic carbocycles. The Kier molecular flexibility index (Phi) is 3.67. The van der Waals surface area contributed by atoms with E-state index >= 15 is 0 Å². The summed E-state index contributed by atoms with van der Waals surface area (Å²) in [6.45, 7) is 0.891. The summed E-state index contributed by atoms with van der Waals surface area (Å²) in [6, 6.07) is 11.3. The number of nitrogen functional groups attached to an aromatic ring is 1. The van der Waals surface area contributed by atoms with E-state index in [1.54, 1.807) is 6.07 Å². The Bertz CT molecular complexity index is 571. The smallest absolute Gasteiger partial charge is 0.218 e. The first-order chi connectivity index (χ1) is 9.81. The quantitative estimate of drug-likeness (QED) is 0.817. The number of ether oxygens (including phenoxy) is 2. The topological polar surface area (TPSA) is 70.3 Å². The summed E-state index contributed by atoms with van der Waals surface area (Å²) in [5.74, 6) is 3.07. The minimum absolute atomic E-state index is 0.426. The van der Waals surface area contributed by atoms with Gasteiger partial charge in [0.25, 0.3) is 0 Å². The third-order valence-electron chi connectivity index (χ3n) is 3.03. The predicted molar refractivity (Wildman–Crippen MR) is 75.9 cm³/mol. The molecule has 1 aliphatic rings. The van der Waals surface area contributed by atoms with E-state index in [0.717, 1.165) is 24.4 Å². The number of anilines is 1. The molecule has 2 aromatic rings. The Balaban J connectivity index is 1.51. The summed E-state index contributed by atoms with van der Waals surface area (Å²) < 4.78 is 11.1. The second-order valence-electron chi connectivity index (χ2n) is 4.77. The SMILES string of the molecule is Nc1cc(OCCOc2ccccc2)nc(C2CC2)n1. The minimum Gasteiger partial charge on any atom is -0.490 e. The maximum atomic E-state index is 5.76. The molecule has 0 spiro atoms. The Morgan fingerprint density at radius 1 is 1.05 bits per heavy atom. The molecule has 3 rings (SSSR count). The van der Waals surface area contributed by atoms with Crippen LogP contribution >= 0.6 is 0 Å². The Hall–Kier alpha value is -2.30. The van der Waals surface area contributed by atoms with Crippen molar-refractivity contribution >= 4 is 5.82 Å². The van der Waals surface area contributed by atoms with Crippen LogP contribution in [-0.2, 0) is 0 Å². The van der Waals surface area contributed by atoms with Gasteiger partial charge in [0.1, 0.15) is 30.6 Å². The maximum absolute atomic E-state index is 5.76. The van der Waals surface area contributed by atoms with E-state index in [2.05, 4.69) is 9.97 Å². The number of benzene rings is 1. The van der Waals surface area contributed by atoms with Crippen molar-refractivity contribution in [3.63, 3.8) is 0 Å².